The fourth-order valence-corrected chi connectivity index (χ4v) is 1.71. The van der Waals surface area contributed by atoms with Crippen LogP contribution in [0.5, 0.6) is 5.75 Å². The van der Waals surface area contributed by atoms with Gasteiger partial charge < -0.3 is 10.1 Å². The van der Waals surface area contributed by atoms with E-state index in [1.807, 2.05) is 0 Å². The van der Waals surface area contributed by atoms with Gasteiger partial charge in [-0.2, -0.15) is 0 Å². The zero-order valence-electron chi connectivity index (χ0n) is 11.5. The molecule has 1 atom stereocenters. The third kappa shape index (κ3) is 4.16. The number of carbonyl (C=O) groups excluding carboxylic acids is 1. The van der Waals surface area contributed by atoms with Crippen LogP contribution in [0.25, 0.3) is 0 Å². The summed E-state index contributed by atoms with van der Waals surface area (Å²) in [6, 6.07) is 8.66. The zero-order valence-corrected chi connectivity index (χ0v) is 12.3. The average Bonchev–Trinajstić information content (AvgIpc) is 2.50. The van der Waals surface area contributed by atoms with Crippen molar-refractivity contribution < 1.29 is 14.5 Å². The summed E-state index contributed by atoms with van der Waals surface area (Å²) < 4.78 is 5.43. The molecular weight excluding hydrogens is 310 g/mol. The predicted octanol–water partition coefficient (Wildman–Crippen LogP) is 3.05. The first kappa shape index (κ1) is 15.7. The third-order valence-electron chi connectivity index (χ3n) is 2.72. The van der Waals surface area contributed by atoms with Gasteiger partial charge in [-0.05, 0) is 31.2 Å². The molecule has 0 saturated carbocycles. The van der Waals surface area contributed by atoms with Crippen molar-refractivity contribution in [1.29, 1.82) is 0 Å². The second-order valence-corrected chi connectivity index (χ2v) is 4.76. The Morgan fingerprint density at radius 3 is 2.55 bits per heavy atom. The summed E-state index contributed by atoms with van der Waals surface area (Å²) in [6.45, 7) is 1.57. The number of nitrogens with one attached hydrogen (secondary N) is 1. The topological polar surface area (TPSA) is 94.4 Å². The molecule has 0 radical (unpaired) electrons. The predicted molar refractivity (Wildman–Crippen MR) is 81.1 cm³/mol. The maximum atomic E-state index is 12.0. The van der Waals surface area contributed by atoms with Gasteiger partial charge in [-0.3, -0.25) is 14.9 Å². The van der Waals surface area contributed by atoms with Gasteiger partial charge in [0.05, 0.1) is 16.8 Å². The number of amides is 1. The lowest BCUT2D eigenvalue weighted by atomic mass is 10.3. The Labute approximate surface area is 131 Å². The van der Waals surface area contributed by atoms with E-state index in [-0.39, 0.29) is 11.6 Å². The van der Waals surface area contributed by atoms with Crippen molar-refractivity contribution in [3.8, 4) is 5.75 Å². The van der Waals surface area contributed by atoms with Crippen LogP contribution in [0.2, 0.25) is 5.15 Å². The minimum atomic E-state index is -0.780. The number of pyridine rings is 1. The van der Waals surface area contributed by atoms with Crippen molar-refractivity contribution in [3.05, 3.63) is 57.9 Å². The molecule has 1 aromatic carbocycles. The van der Waals surface area contributed by atoms with E-state index in [1.165, 1.54) is 30.5 Å². The van der Waals surface area contributed by atoms with E-state index >= 15 is 0 Å². The molecule has 1 amide bonds. The monoisotopic (exact) mass is 321 g/mol. The van der Waals surface area contributed by atoms with Crippen LogP contribution in [0.3, 0.4) is 0 Å². The van der Waals surface area contributed by atoms with Gasteiger partial charge in [-0.25, -0.2) is 4.98 Å². The molecule has 0 spiro atoms. The summed E-state index contributed by atoms with van der Waals surface area (Å²) in [6.07, 6.45) is 0.649. The van der Waals surface area contributed by atoms with E-state index in [0.717, 1.165) is 0 Å². The molecule has 0 fully saturated rings. The SMILES string of the molecule is CC(Oc1ccc([N+](=O)[O-])cc1)C(=O)Nc1ccc(Cl)nc1. The minimum absolute atomic E-state index is 0.0447. The maximum Gasteiger partial charge on any atom is 0.269 e. The third-order valence-corrected chi connectivity index (χ3v) is 2.95. The molecule has 1 heterocycles. The molecule has 0 bridgehead atoms. The first-order chi connectivity index (χ1) is 10.5. The standard InChI is InChI=1S/C14H12ClN3O4/c1-9(14(19)17-10-2-7-13(15)16-8-10)22-12-5-3-11(4-6-12)18(20)21/h2-9H,1H3,(H,17,19). The van der Waals surface area contributed by atoms with Gasteiger partial charge in [-0.15, -0.1) is 0 Å². The number of nitro groups is 1. The molecule has 1 unspecified atom stereocenters. The molecule has 0 saturated heterocycles. The Hall–Kier alpha value is -2.67. The van der Waals surface area contributed by atoms with Crippen LogP contribution in [0.4, 0.5) is 11.4 Å². The molecule has 1 N–H and O–H groups in total. The number of hydrogen-bond acceptors (Lipinski definition) is 5. The van der Waals surface area contributed by atoms with Crippen molar-refractivity contribution in [1.82, 2.24) is 4.98 Å². The molecule has 114 valence electrons. The Bertz CT molecular complexity index is 673. The largest absolute Gasteiger partial charge is 0.481 e. The molecule has 2 aromatic rings. The van der Waals surface area contributed by atoms with Crippen LogP contribution in [-0.4, -0.2) is 21.9 Å². The summed E-state index contributed by atoms with van der Waals surface area (Å²) in [5.74, 6) is -0.00930. The molecule has 0 aliphatic heterocycles. The molecule has 2 rings (SSSR count). The van der Waals surface area contributed by atoms with Crippen molar-refractivity contribution in [2.45, 2.75) is 13.0 Å². The molecule has 8 heteroatoms. The Balaban J connectivity index is 1.95. The summed E-state index contributed by atoms with van der Waals surface area (Å²) in [4.78, 5) is 25.9. The number of nitrogens with zero attached hydrogens (tertiary/aromatic N) is 2. The number of halogens is 1. The van der Waals surface area contributed by atoms with Crippen LogP contribution in [0.1, 0.15) is 6.92 Å². The fourth-order valence-electron chi connectivity index (χ4n) is 1.60. The highest BCUT2D eigenvalue weighted by Gasteiger charge is 2.15. The highest BCUT2D eigenvalue weighted by molar-refractivity contribution is 6.29. The molecular formula is C14H12ClN3O4. The van der Waals surface area contributed by atoms with E-state index in [2.05, 4.69) is 10.3 Å². The number of nitro benzene ring substituents is 1. The Morgan fingerprint density at radius 2 is 2.00 bits per heavy atom. The van der Waals surface area contributed by atoms with Crippen molar-refractivity contribution in [3.63, 3.8) is 0 Å². The van der Waals surface area contributed by atoms with Gasteiger partial charge in [0, 0.05) is 12.1 Å². The van der Waals surface area contributed by atoms with Gasteiger partial charge in [0.2, 0.25) is 0 Å². The number of ether oxygens (including phenoxy) is 1. The van der Waals surface area contributed by atoms with Gasteiger partial charge in [0.25, 0.3) is 11.6 Å². The molecule has 22 heavy (non-hydrogen) atoms. The minimum Gasteiger partial charge on any atom is -0.481 e. The summed E-state index contributed by atoms with van der Waals surface area (Å²) in [5.41, 5.74) is 0.449. The number of rotatable bonds is 5. The quantitative estimate of drug-likeness (QED) is 0.519. The first-order valence-electron chi connectivity index (χ1n) is 6.29. The van der Waals surface area contributed by atoms with E-state index in [4.69, 9.17) is 16.3 Å². The zero-order chi connectivity index (χ0) is 16.1. The van der Waals surface area contributed by atoms with Crippen LogP contribution in [-0.2, 0) is 4.79 Å². The Kier molecular flexibility index (Phi) is 4.90. The number of non-ortho nitro benzene ring substituents is 1. The number of anilines is 1. The van der Waals surface area contributed by atoms with Gasteiger partial charge in [-0.1, -0.05) is 11.6 Å². The van der Waals surface area contributed by atoms with E-state index in [0.29, 0.717) is 16.6 Å². The number of hydrogen-bond donors (Lipinski definition) is 1. The van der Waals surface area contributed by atoms with Gasteiger partial charge >= 0.3 is 0 Å². The average molecular weight is 322 g/mol. The number of carbonyl (C=O) groups is 1. The van der Waals surface area contributed by atoms with E-state index < -0.39 is 11.0 Å². The summed E-state index contributed by atoms with van der Waals surface area (Å²) >= 11 is 5.66. The lowest BCUT2D eigenvalue weighted by Crippen LogP contribution is -2.30. The first-order valence-corrected chi connectivity index (χ1v) is 6.67. The highest BCUT2D eigenvalue weighted by Crippen LogP contribution is 2.19. The molecule has 7 nitrogen and oxygen atoms in total. The van der Waals surface area contributed by atoms with E-state index in [1.54, 1.807) is 19.1 Å². The summed E-state index contributed by atoms with van der Waals surface area (Å²) in [5, 5.41) is 13.5. The molecule has 0 aliphatic rings. The van der Waals surface area contributed by atoms with E-state index in [9.17, 15) is 14.9 Å². The Morgan fingerprint density at radius 1 is 1.32 bits per heavy atom. The highest BCUT2D eigenvalue weighted by atomic mass is 35.5. The number of benzene rings is 1. The normalized spacial score (nSPS) is 11.5. The second-order valence-electron chi connectivity index (χ2n) is 4.37. The lowest BCUT2D eigenvalue weighted by molar-refractivity contribution is -0.384. The van der Waals surface area contributed by atoms with Gasteiger partial charge in [0.15, 0.2) is 6.10 Å². The van der Waals surface area contributed by atoms with Crippen LogP contribution in [0, 0.1) is 10.1 Å². The lowest BCUT2D eigenvalue weighted by Gasteiger charge is -2.14. The van der Waals surface area contributed by atoms with Crippen LogP contribution < -0.4 is 10.1 Å². The van der Waals surface area contributed by atoms with Crippen LogP contribution in [0.15, 0.2) is 42.6 Å². The fraction of sp³-hybridized carbons (Fsp3) is 0.143. The number of aromatic nitrogens is 1. The van der Waals surface area contributed by atoms with Crippen molar-refractivity contribution in [2.24, 2.45) is 0 Å². The van der Waals surface area contributed by atoms with Crippen molar-refractivity contribution in [2.75, 3.05) is 5.32 Å². The smallest absolute Gasteiger partial charge is 0.269 e. The molecule has 1 aromatic heterocycles. The second kappa shape index (κ2) is 6.86. The maximum absolute atomic E-state index is 12.0. The van der Waals surface area contributed by atoms with Gasteiger partial charge in [0.1, 0.15) is 10.9 Å². The van der Waals surface area contributed by atoms with Crippen molar-refractivity contribution >= 4 is 28.9 Å². The summed E-state index contributed by atoms with van der Waals surface area (Å²) in [7, 11) is 0. The molecule has 0 aliphatic carbocycles. The van der Waals surface area contributed by atoms with Crippen LogP contribution >= 0.6 is 11.6 Å².